The smallest absolute Gasteiger partial charge is 0.341 e. The van der Waals surface area contributed by atoms with Gasteiger partial charge in [0.05, 0.1) is 20.1 Å². The molecular formula is C18H27NO6. The molecule has 25 heavy (non-hydrogen) atoms. The van der Waals surface area contributed by atoms with E-state index in [1.54, 1.807) is 31.2 Å². The lowest BCUT2D eigenvalue weighted by atomic mass is 10.0. The number of carbonyl (C=O) groups is 2. The van der Waals surface area contributed by atoms with Gasteiger partial charge in [-0.3, -0.25) is 4.79 Å². The number of nitrogens with one attached hydrogen (secondary N) is 1. The first kappa shape index (κ1) is 20.9. The molecule has 0 heterocycles. The summed E-state index contributed by atoms with van der Waals surface area (Å²) in [5.41, 5.74) is -0.218. The molecule has 2 N–H and O–H groups in total. The summed E-state index contributed by atoms with van der Waals surface area (Å²) >= 11 is 0. The van der Waals surface area contributed by atoms with E-state index in [0.29, 0.717) is 17.9 Å². The van der Waals surface area contributed by atoms with Crippen molar-refractivity contribution in [1.82, 2.24) is 5.32 Å². The fourth-order valence-electron chi connectivity index (χ4n) is 2.15. The first-order valence-electron chi connectivity index (χ1n) is 8.18. The Bertz CT molecular complexity index is 572. The van der Waals surface area contributed by atoms with Gasteiger partial charge in [0.15, 0.2) is 0 Å². The van der Waals surface area contributed by atoms with E-state index in [1.165, 1.54) is 7.11 Å². The molecule has 0 aliphatic heterocycles. The molecule has 0 amide bonds. The molecule has 0 aliphatic carbocycles. The fraction of sp³-hybridized carbons (Fsp3) is 0.556. The zero-order valence-electron chi connectivity index (χ0n) is 15.2. The van der Waals surface area contributed by atoms with Crippen LogP contribution >= 0.6 is 0 Å². The maximum Gasteiger partial charge on any atom is 0.341 e. The number of methoxy groups -OCH3 is 1. The molecule has 140 valence electrons. The summed E-state index contributed by atoms with van der Waals surface area (Å²) in [6.45, 7) is 6.02. The molecule has 7 nitrogen and oxygen atoms in total. The van der Waals surface area contributed by atoms with Gasteiger partial charge in [0.25, 0.3) is 0 Å². The van der Waals surface area contributed by atoms with Gasteiger partial charge in [-0.15, -0.1) is 0 Å². The van der Waals surface area contributed by atoms with Gasteiger partial charge >= 0.3 is 11.9 Å². The van der Waals surface area contributed by atoms with Gasteiger partial charge < -0.3 is 24.6 Å². The third kappa shape index (κ3) is 7.53. The lowest BCUT2D eigenvalue weighted by molar-refractivity contribution is -0.144. The Hall–Kier alpha value is -2.12. The minimum Gasteiger partial charge on any atom is -0.490 e. The molecule has 0 saturated carbocycles. The standard InChI is InChI=1S/C18H27NO6/c1-5-24-16(21)10-18(2,3)19-11-13(20)12-25-15-9-7-6-8-14(15)17(22)23-4/h6-9,13,19-20H,5,10-12H2,1-4H3. The summed E-state index contributed by atoms with van der Waals surface area (Å²) < 4.78 is 15.1. The van der Waals surface area contributed by atoms with Crippen LogP contribution in [0.25, 0.3) is 0 Å². The highest BCUT2D eigenvalue weighted by atomic mass is 16.5. The molecule has 0 aliphatic rings. The Morgan fingerprint density at radius 3 is 2.60 bits per heavy atom. The van der Waals surface area contributed by atoms with Gasteiger partial charge in [-0.2, -0.15) is 0 Å². The number of rotatable bonds is 10. The summed E-state index contributed by atoms with van der Waals surface area (Å²) in [4.78, 5) is 23.2. The van der Waals surface area contributed by atoms with Crippen molar-refractivity contribution < 1.29 is 28.9 Å². The van der Waals surface area contributed by atoms with E-state index in [-0.39, 0.29) is 25.5 Å². The van der Waals surface area contributed by atoms with Crippen molar-refractivity contribution >= 4 is 11.9 Å². The number of para-hydroxylation sites is 1. The number of aliphatic hydroxyl groups is 1. The van der Waals surface area contributed by atoms with E-state index in [0.717, 1.165) is 0 Å². The average Bonchev–Trinajstić information content (AvgIpc) is 2.57. The van der Waals surface area contributed by atoms with Crippen LogP contribution in [-0.2, 0) is 14.3 Å². The maximum absolute atomic E-state index is 11.7. The maximum atomic E-state index is 11.7. The molecule has 1 aromatic rings. The lowest BCUT2D eigenvalue weighted by Gasteiger charge is -2.26. The second-order valence-electron chi connectivity index (χ2n) is 6.20. The van der Waals surface area contributed by atoms with Crippen LogP contribution in [0.2, 0.25) is 0 Å². The average molecular weight is 353 g/mol. The van der Waals surface area contributed by atoms with Gasteiger partial charge in [-0.25, -0.2) is 4.79 Å². The number of hydrogen-bond donors (Lipinski definition) is 2. The van der Waals surface area contributed by atoms with E-state index in [4.69, 9.17) is 14.2 Å². The van der Waals surface area contributed by atoms with Crippen LogP contribution in [0.3, 0.4) is 0 Å². The number of ether oxygens (including phenoxy) is 3. The zero-order chi connectivity index (χ0) is 18.9. The summed E-state index contributed by atoms with van der Waals surface area (Å²) in [6.07, 6.45) is -0.619. The Morgan fingerprint density at radius 1 is 1.28 bits per heavy atom. The van der Waals surface area contributed by atoms with Crippen LogP contribution in [0.1, 0.15) is 37.6 Å². The summed E-state index contributed by atoms with van der Waals surface area (Å²) in [7, 11) is 1.30. The molecule has 1 rings (SSSR count). The highest BCUT2D eigenvalue weighted by Crippen LogP contribution is 2.19. The minimum absolute atomic E-state index is 0.00348. The first-order valence-corrected chi connectivity index (χ1v) is 8.18. The van der Waals surface area contributed by atoms with E-state index >= 15 is 0 Å². The van der Waals surface area contributed by atoms with Crippen molar-refractivity contribution in [3.63, 3.8) is 0 Å². The van der Waals surface area contributed by atoms with Gasteiger partial charge in [0, 0.05) is 12.1 Å². The summed E-state index contributed by atoms with van der Waals surface area (Å²) in [5.74, 6) is -0.448. The quantitative estimate of drug-likeness (QED) is 0.616. The zero-order valence-corrected chi connectivity index (χ0v) is 15.2. The molecule has 1 unspecified atom stereocenters. The number of hydrogen-bond acceptors (Lipinski definition) is 7. The summed E-state index contributed by atoms with van der Waals surface area (Å²) in [6, 6.07) is 6.66. The fourth-order valence-corrected chi connectivity index (χ4v) is 2.15. The molecule has 0 aromatic heterocycles. The van der Waals surface area contributed by atoms with Gasteiger partial charge in [-0.05, 0) is 32.9 Å². The molecule has 1 aromatic carbocycles. The van der Waals surface area contributed by atoms with E-state index < -0.39 is 17.6 Å². The Labute approximate surface area is 148 Å². The van der Waals surface area contributed by atoms with Crippen LogP contribution in [0.15, 0.2) is 24.3 Å². The van der Waals surface area contributed by atoms with Crippen molar-refractivity contribution in [2.75, 3.05) is 26.9 Å². The van der Waals surface area contributed by atoms with Crippen LogP contribution < -0.4 is 10.1 Å². The van der Waals surface area contributed by atoms with Crippen molar-refractivity contribution in [2.45, 2.75) is 38.8 Å². The first-order chi connectivity index (χ1) is 11.8. The second-order valence-corrected chi connectivity index (χ2v) is 6.20. The largest absolute Gasteiger partial charge is 0.490 e. The molecule has 0 saturated heterocycles. The highest BCUT2D eigenvalue weighted by molar-refractivity contribution is 5.92. The predicted molar refractivity (Wildman–Crippen MR) is 92.6 cm³/mol. The van der Waals surface area contributed by atoms with Gasteiger partial charge in [0.1, 0.15) is 24.0 Å². The van der Waals surface area contributed by atoms with E-state index in [2.05, 4.69) is 5.32 Å². The number of esters is 2. The Kier molecular flexibility index (Phi) is 8.37. The predicted octanol–water partition coefficient (Wildman–Crippen LogP) is 1.53. The Morgan fingerprint density at radius 2 is 1.96 bits per heavy atom. The molecule has 1 atom stereocenters. The van der Waals surface area contributed by atoms with Gasteiger partial charge in [0.2, 0.25) is 0 Å². The van der Waals surface area contributed by atoms with E-state index in [9.17, 15) is 14.7 Å². The van der Waals surface area contributed by atoms with Gasteiger partial charge in [-0.1, -0.05) is 12.1 Å². The van der Waals surface area contributed by atoms with Crippen LogP contribution in [-0.4, -0.2) is 55.6 Å². The Balaban J connectivity index is 2.49. The van der Waals surface area contributed by atoms with Crippen molar-refractivity contribution in [2.24, 2.45) is 0 Å². The molecule has 7 heteroatoms. The van der Waals surface area contributed by atoms with Crippen LogP contribution in [0, 0.1) is 0 Å². The monoisotopic (exact) mass is 353 g/mol. The topological polar surface area (TPSA) is 94.1 Å². The van der Waals surface area contributed by atoms with Crippen LogP contribution in [0.4, 0.5) is 0 Å². The molecule has 0 spiro atoms. The lowest BCUT2D eigenvalue weighted by Crippen LogP contribution is -2.46. The summed E-state index contributed by atoms with van der Waals surface area (Å²) in [5, 5.41) is 13.2. The third-order valence-corrected chi connectivity index (χ3v) is 3.43. The minimum atomic E-state index is -0.813. The number of carbonyl (C=O) groups excluding carboxylic acids is 2. The molecule has 0 bridgehead atoms. The van der Waals surface area contributed by atoms with Crippen molar-refractivity contribution in [1.29, 1.82) is 0 Å². The van der Waals surface area contributed by atoms with Crippen molar-refractivity contribution in [3.05, 3.63) is 29.8 Å². The third-order valence-electron chi connectivity index (χ3n) is 3.43. The number of β-amino-alcohol motifs (C(OH)–C–C–N with tert-alkyl or cyclic N) is 1. The van der Waals surface area contributed by atoms with E-state index in [1.807, 2.05) is 13.8 Å². The normalized spacial score (nSPS) is 12.4. The second kappa shape index (κ2) is 10.0. The molecular weight excluding hydrogens is 326 g/mol. The molecule has 0 fully saturated rings. The SMILES string of the molecule is CCOC(=O)CC(C)(C)NCC(O)COc1ccccc1C(=O)OC. The number of benzene rings is 1. The highest BCUT2D eigenvalue weighted by Gasteiger charge is 2.23. The number of aliphatic hydroxyl groups excluding tert-OH is 1. The van der Waals surface area contributed by atoms with Crippen molar-refractivity contribution in [3.8, 4) is 5.75 Å². The molecule has 0 radical (unpaired) electrons. The van der Waals surface area contributed by atoms with Crippen LogP contribution in [0.5, 0.6) is 5.75 Å².